The molecule has 0 bridgehead atoms. The molecule has 0 aliphatic carbocycles. The first-order chi connectivity index (χ1) is 9.47. The number of rotatable bonds is 7. The Morgan fingerprint density at radius 3 is 2.75 bits per heavy atom. The Morgan fingerprint density at radius 2 is 2.15 bits per heavy atom. The van der Waals surface area contributed by atoms with Crippen molar-refractivity contribution in [2.75, 3.05) is 7.11 Å². The molecule has 0 aliphatic rings. The van der Waals surface area contributed by atoms with Crippen LogP contribution in [0.5, 0.6) is 0 Å². The highest BCUT2D eigenvalue weighted by molar-refractivity contribution is 8.00. The standard InChI is InChI=1S/C11H19N5O3S/c1-5-7(2)12-10(18)8(3)20-11-13-14-15-16(11)6-9(17)19-4/h7-8H,5-6H2,1-4H3,(H,12,18). The maximum Gasteiger partial charge on any atom is 0.327 e. The van der Waals surface area contributed by atoms with E-state index in [1.54, 1.807) is 6.92 Å². The molecule has 0 aromatic carbocycles. The molecule has 1 amide bonds. The maximum atomic E-state index is 11.9. The molecular weight excluding hydrogens is 282 g/mol. The molecule has 0 saturated carbocycles. The van der Waals surface area contributed by atoms with Gasteiger partial charge in [-0.2, -0.15) is 0 Å². The van der Waals surface area contributed by atoms with Crippen molar-refractivity contribution in [3.63, 3.8) is 0 Å². The fourth-order valence-electron chi connectivity index (χ4n) is 1.24. The van der Waals surface area contributed by atoms with Crippen LogP contribution in [0.15, 0.2) is 5.16 Å². The molecule has 0 aliphatic heterocycles. The van der Waals surface area contributed by atoms with Gasteiger partial charge in [0.2, 0.25) is 11.1 Å². The number of carbonyl (C=O) groups is 2. The maximum absolute atomic E-state index is 11.9. The monoisotopic (exact) mass is 301 g/mol. The third-order valence-corrected chi connectivity index (χ3v) is 3.73. The van der Waals surface area contributed by atoms with Gasteiger partial charge in [-0.3, -0.25) is 9.59 Å². The summed E-state index contributed by atoms with van der Waals surface area (Å²) in [6.45, 7) is 5.63. The first kappa shape index (κ1) is 16.4. The van der Waals surface area contributed by atoms with Gasteiger partial charge in [-0.1, -0.05) is 18.7 Å². The summed E-state index contributed by atoms with van der Waals surface area (Å²) in [5.41, 5.74) is 0. The minimum absolute atomic E-state index is 0.0778. The quantitative estimate of drug-likeness (QED) is 0.569. The van der Waals surface area contributed by atoms with Crippen LogP contribution in [0.3, 0.4) is 0 Å². The van der Waals surface area contributed by atoms with E-state index in [9.17, 15) is 9.59 Å². The van der Waals surface area contributed by atoms with E-state index in [-0.39, 0.29) is 23.7 Å². The first-order valence-electron chi connectivity index (χ1n) is 6.27. The number of tetrazole rings is 1. The number of aromatic nitrogens is 4. The van der Waals surface area contributed by atoms with Gasteiger partial charge in [0.05, 0.1) is 12.4 Å². The van der Waals surface area contributed by atoms with E-state index in [1.165, 1.54) is 23.6 Å². The van der Waals surface area contributed by atoms with Crippen molar-refractivity contribution < 1.29 is 14.3 Å². The zero-order valence-electron chi connectivity index (χ0n) is 12.0. The Bertz CT molecular complexity index is 465. The van der Waals surface area contributed by atoms with Crippen molar-refractivity contribution >= 4 is 23.6 Å². The molecule has 1 N–H and O–H groups in total. The van der Waals surface area contributed by atoms with Crippen molar-refractivity contribution in [1.82, 2.24) is 25.5 Å². The number of hydrogen-bond donors (Lipinski definition) is 1. The molecule has 0 saturated heterocycles. The second-order valence-corrected chi connectivity index (χ2v) is 5.58. The number of esters is 1. The van der Waals surface area contributed by atoms with Crippen molar-refractivity contribution in [2.24, 2.45) is 0 Å². The number of nitrogens with one attached hydrogen (secondary N) is 1. The second kappa shape index (κ2) is 7.83. The van der Waals surface area contributed by atoms with Crippen LogP contribution in [-0.4, -0.2) is 50.5 Å². The lowest BCUT2D eigenvalue weighted by atomic mass is 10.2. The van der Waals surface area contributed by atoms with E-state index >= 15 is 0 Å². The smallest absolute Gasteiger partial charge is 0.327 e. The summed E-state index contributed by atoms with van der Waals surface area (Å²) in [5, 5.41) is 13.9. The van der Waals surface area contributed by atoms with Crippen LogP contribution in [0.2, 0.25) is 0 Å². The normalized spacial score (nSPS) is 13.6. The second-order valence-electron chi connectivity index (χ2n) is 4.27. The van der Waals surface area contributed by atoms with Gasteiger partial charge in [-0.25, -0.2) is 4.68 Å². The summed E-state index contributed by atoms with van der Waals surface area (Å²) in [4.78, 5) is 23.1. The molecule has 112 valence electrons. The van der Waals surface area contributed by atoms with Gasteiger partial charge < -0.3 is 10.1 Å². The van der Waals surface area contributed by atoms with Crippen LogP contribution < -0.4 is 5.32 Å². The lowest BCUT2D eigenvalue weighted by Crippen LogP contribution is -2.37. The highest BCUT2D eigenvalue weighted by Gasteiger charge is 2.20. The van der Waals surface area contributed by atoms with Crippen LogP contribution in [0, 0.1) is 0 Å². The van der Waals surface area contributed by atoms with E-state index in [1.807, 2.05) is 13.8 Å². The zero-order chi connectivity index (χ0) is 15.1. The summed E-state index contributed by atoms with van der Waals surface area (Å²) in [6, 6.07) is 0.122. The molecule has 2 atom stereocenters. The Kier molecular flexibility index (Phi) is 6.43. The number of hydrogen-bond acceptors (Lipinski definition) is 7. The molecule has 1 aromatic heterocycles. The van der Waals surface area contributed by atoms with Crippen LogP contribution in [0.4, 0.5) is 0 Å². The van der Waals surface area contributed by atoms with E-state index in [0.29, 0.717) is 5.16 Å². The van der Waals surface area contributed by atoms with Crippen LogP contribution in [0.25, 0.3) is 0 Å². The lowest BCUT2D eigenvalue weighted by molar-refractivity contribution is -0.141. The highest BCUT2D eigenvalue weighted by atomic mass is 32.2. The van der Waals surface area contributed by atoms with Gasteiger partial charge in [0.1, 0.15) is 6.54 Å². The molecule has 8 nitrogen and oxygen atoms in total. The topological polar surface area (TPSA) is 99.0 Å². The minimum atomic E-state index is -0.448. The van der Waals surface area contributed by atoms with E-state index in [4.69, 9.17) is 0 Å². The van der Waals surface area contributed by atoms with Gasteiger partial charge in [0, 0.05) is 6.04 Å². The molecule has 1 aromatic rings. The number of ether oxygens (including phenoxy) is 1. The predicted molar refractivity (Wildman–Crippen MR) is 73.0 cm³/mol. The molecule has 0 spiro atoms. The lowest BCUT2D eigenvalue weighted by Gasteiger charge is -2.15. The van der Waals surface area contributed by atoms with E-state index in [0.717, 1.165) is 6.42 Å². The van der Waals surface area contributed by atoms with Gasteiger partial charge in [-0.15, -0.1) is 5.10 Å². The molecular formula is C11H19N5O3S. The average molecular weight is 301 g/mol. The average Bonchev–Trinajstić information content (AvgIpc) is 2.85. The molecule has 0 fully saturated rings. The van der Waals surface area contributed by atoms with Crippen LogP contribution in [-0.2, 0) is 20.9 Å². The summed E-state index contributed by atoms with van der Waals surface area (Å²) >= 11 is 1.20. The highest BCUT2D eigenvalue weighted by Crippen LogP contribution is 2.20. The summed E-state index contributed by atoms with van der Waals surface area (Å²) in [7, 11) is 1.29. The molecule has 1 rings (SSSR count). The van der Waals surface area contributed by atoms with Gasteiger partial charge in [0.25, 0.3) is 0 Å². The summed E-state index contributed by atoms with van der Waals surface area (Å²) < 4.78 is 5.86. The molecule has 9 heteroatoms. The van der Waals surface area contributed by atoms with Crippen LogP contribution >= 0.6 is 11.8 Å². The fourth-order valence-corrected chi connectivity index (χ4v) is 2.04. The van der Waals surface area contributed by atoms with Crippen LogP contribution in [0.1, 0.15) is 27.2 Å². The third-order valence-electron chi connectivity index (χ3n) is 2.66. The van der Waals surface area contributed by atoms with Gasteiger partial charge in [-0.05, 0) is 30.7 Å². The Labute approximate surface area is 121 Å². The number of amides is 1. The van der Waals surface area contributed by atoms with Crippen molar-refractivity contribution in [2.45, 2.75) is 50.2 Å². The minimum Gasteiger partial charge on any atom is -0.468 e. The Balaban J connectivity index is 2.62. The molecule has 1 heterocycles. The summed E-state index contributed by atoms with van der Waals surface area (Å²) in [5.74, 6) is -0.534. The van der Waals surface area contributed by atoms with Gasteiger partial charge >= 0.3 is 5.97 Å². The Hall–Kier alpha value is -1.64. The van der Waals surface area contributed by atoms with Gasteiger partial charge in [0.15, 0.2) is 0 Å². The molecule has 20 heavy (non-hydrogen) atoms. The molecule has 0 radical (unpaired) electrons. The number of carbonyl (C=O) groups excluding carboxylic acids is 2. The largest absolute Gasteiger partial charge is 0.468 e. The number of methoxy groups -OCH3 is 1. The van der Waals surface area contributed by atoms with Crippen molar-refractivity contribution in [3.8, 4) is 0 Å². The first-order valence-corrected chi connectivity index (χ1v) is 7.15. The third kappa shape index (κ3) is 4.80. The summed E-state index contributed by atoms with van der Waals surface area (Å²) in [6.07, 6.45) is 0.864. The van der Waals surface area contributed by atoms with Crippen molar-refractivity contribution in [1.29, 1.82) is 0 Å². The SMILES string of the molecule is CCC(C)NC(=O)C(C)Sc1nnnn1CC(=O)OC. The Morgan fingerprint density at radius 1 is 1.45 bits per heavy atom. The number of nitrogens with zero attached hydrogens (tertiary/aromatic N) is 4. The molecule has 2 unspecified atom stereocenters. The zero-order valence-corrected chi connectivity index (χ0v) is 12.8. The fraction of sp³-hybridized carbons (Fsp3) is 0.727. The van der Waals surface area contributed by atoms with E-state index in [2.05, 4.69) is 25.6 Å². The predicted octanol–water partition coefficient (Wildman–Crippen LogP) is 0.241. The van der Waals surface area contributed by atoms with E-state index < -0.39 is 5.97 Å². The van der Waals surface area contributed by atoms with Crippen molar-refractivity contribution in [3.05, 3.63) is 0 Å². The number of thioether (sulfide) groups is 1.